The Labute approximate surface area is 118 Å². The van der Waals surface area contributed by atoms with Crippen molar-refractivity contribution in [2.24, 2.45) is 5.16 Å². The fourth-order valence-corrected chi connectivity index (χ4v) is 2.59. The van der Waals surface area contributed by atoms with Crippen molar-refractivity contribution in [3.05, 3.63) is 46.4 Å². The lowest BCUT2D eigenvalue weighted by atomic mass is 9.99. The Hall–Kier alpha value is -2.01. The van der Waals surface area contributed by atoms with Crippen molar-refractivity contribution in [2.75, 3.05) is 6.79 Å². The molecule has 2 aromatic carbocycles. The Balaban J connectivity index is 2.25. The van der Waals surface area contributed by atoms with E-state index in [-0.39, 0.29) is 6.79 Å². The summed E-state index contributed by atoms with van der Waals surface area (Å²) in [5.41, 5.74) is 2.61. The topological polar surface area (TPSA) is 51.1 Å². The van der Waals surface area contributed by atoms with Crippen LogP contribution >= 0.6 is 15.9 Å². The van der Waals surface area contributed by atoms with Crippen LogP contribution in [0.25, 0.3) is 11.1 Å². The second-order valence-electron chi connectivity index (χ2n) is 3.99. The first kappa shape index (κ1) is 12.0. The molecule has 0 bridgehead atoms. The van der Waals surface area contributed by atoms with Gasteiger partial charge in [0.2, 0.25) is 6.79 Å². The maximum absolute atomic E-state index is 8.85. The highest BCUT2D eigenvalue weighted by atomic mass is 79.9. The van der Waals surface area contributed by atoms with Gasteiger partial charge in [0.1, 0.15) is 0 Å². The molecule has 0 aromatic heterocycles. The van der Waals surface area contributed by atoms with Crippen molar-refractivity contribution in [2.45, 2.75) is 0 Å². The van der Waals surface area contributed by atoms with E-state index < -0.39 is 0 Å². The largest absolute Gasteiger partial charge is 0.454 e. The van der Waals surface area contributed by atoms with Crippen LogP contribution in [0.3, 0.4) is 0 Å². The molecule has 1 N–H and O–H groups in total. The van der Waals surface area contributed by atoms with Crippen molar-refractivity contribution in [3.8, 4) is 22.6 Å². The van der Waals surface area contributed by atoms with E-state index in [1.54, 1.807) is 0 Å². The number of halogens is 1. The lowest BCUT2D eigenvalue weighted by molar-refractivity contribution is 0.174. The van der Waals surface area contributed by atoms with E-state index in [0.717, 1.165) is 15.6 Å². The summed E-state index contributed by atoms with van der Waals surface area (Å²) >= 11 is 3.52. The first-order chi connectivity index (χ1) is 9.31. The van der Waals surface area contributed by atoms with Gasteiger partial charge in [0.15, 0.2) is 11.5 Å². The van der Waals surface area contributed by atoms with E-state index in [2.05, 4.69) is 21.1 Å². The second kappa shape index (κ2) is 4.93. The lowest BCUT2D eigenvalue weighted by Crippen LogP contribution is -1.95. The number of hydrogen-bond acceptors (Lipinski definition) is 4. The van der Waals surface area contributed by atoms with Crippen LogP contribution in [0.5, 0.6) is 11.5 Å². The Bertz CT molecular complexity index is 655. The summed E-state index contributed by atoms with van der Waals surface area (Å²) in [5, 5.41) is 12.0. The van der Waals surface area contributed by atoms with Crippen LogP contribution in [0.15, 0.2) is 46.0 Å². The van der Waals surface area contributed by atoms with Gasteiger partial charge >= 0.3 is 0 Å². The van der Waals surface area contributed by atoms with E-state index in [1.807, 2.05) is 36.4 Å². The maximum Gasteiger partial charge on any atom is 0.231 e. The van der Waals surface area contributed by atoms with Gasteiger partial charge in [-0.25, -0.2) is 0 Å². The van der Waals surface area contributed by atoms with E-state index in [9.17, 15) is 0 Å². The molecule has 2 aromatic rings. The Morgan fingerprint density at radius 2 is 1.95 bits per heavy atom. The molecule has 19 heavy (non-hydrogen) atoms. The number of ether oxygens (including phenoxy) is 2. The molecule has 0 saturated heterocycles. The van der Waals surface area contributed by atoms with Crippen molar-refractivity contribution in [3.63, 3.8) is 0 Å². The first-order valence-electron chi connectivity index (χ1n) is 5.66. The van der Waals surface area contributed by atoms with E-state index >= 15 is 0 Å². The van der Waals surface area contributed by atoms with Crippen LogP contribution in [0.4, 0.5) is 0 Å². The number of hydrogen-bond donors (Lipinski definition) is 1. The van der Waals surface area contributed by atoms with E-state index in [4.69, 9.17) is 14.7 Å². The summed E-state index contributed by atoms with van der Waals surface area (Å²) in [7, 11) is 0. The first-order valence-corrected chi connectivity index (χ1v) is 6.45. The number of rotatable bonds is 2. The molecule has 1 heterocycles. The second-order valence-corrected chi connectivity index (χ2v) is 4.84. The SMILES string of the molecule is ON=Cc1c(-c2ccccc2Br)ccc2c1OCO2. The average Bonchev–Trinajstić information content (AvgIpc) is 2.89. The van der Waals surface area contributed by atoms with E-state index in [1.165, 1.54) is 6.21 Å². The molecule has 0 saturated carbocycles. The predicted molar refractivity (Wildman–Crippen MR) is 75.1 cm³/mol. The Morgan fingerprint density at radius 3 is 2.74 bits per heavy atom. The average molecular weight is 320 g/mol. The van der Waals surface area contributed by atoms with E-state index in [0.29, 0.717) is 17.1 Å². The molecule has 3 rings (SSSR count). The smallest absolute Gasteiger partial charge is 0.231 e. The van der Waals surface area contributed by atoms with Crippen LogP contribution in [0.1, 0.15) is 5.56 Å². The molecule has 5 heteroatoms. The third kappa shape index (κ3) is 2.06. The number of oxime groups is 1. The fourth-order valence-electron chi connectivity index (χ4n) is 2.09. The van der Waals surface area contributed by atoms with Gasteiger partial charge in [0, 0.05) is 4.47 Å². The minimum absolute atomic E-state index is 0.182. The molecule has 96 valence electrons. The summed E-state index contributed by atoms with van der Waals surface area (Å²) in [4.78, 5) is 0. The molecular weight excluding hydrogens is 310 g/mol. The molecule has 0 radical (unpaired) electrons. The van der Waals surface area contributed by atoms with Gasteiger partial charge in [0.05, 0.1) is 11.8 Å². The quantitative estimate of drug-likeness (QED) is 0.522. The zero-order valence-electron chi connectivity index (χ0n) is 9.84. The van der Waals surface area contributed by atoms with Gasteiger partial charge in [-0.1, -0.05) is 39.3 Å². The Morgan fingerprint density at radius 1 is 1.11 bits per heavy atom. The summed E-state index contributed by atoms with van der Waals surface area (Å²) in [5.74, 6) is 1.26. The number of fused-ring (bicyclic) bond motifs is 1. The fraction of sp³-hybridized carbons (Fsp3) is 0.0714. The van der Waals surface area contributed by atoms with Crippen LogP contribution in [-0.4, -0.2) is 18.2 Å². The lowest BCUT2D eigenvalue weighted by Gasteiger charge is -2.10. The highest BCUT2D eigenvalue weighted by Crippen LogP contribution is 2.41. The molecule has 1 aliphatic heterocycles. The minimum atomic E-state index is 0.182. The molecule has 0 unspecified atom stereocenters. The van der Waals surface area contributed by atoms with Gasteiger partial charge in [-0.15, -0.1) is 0 Å². The van der Waals surface area contributed by atoms with Gasteiger partial charge < -0.3 is 14.7 Å². The highest BCUT2D eigenvalue weighted by Gasteiger charge is 2.21. The molecule has 0 amide bonds. The van der Waals surface area contributed by atoms with Crippen LogP contribution in [0.2, 0.25) is 0 Å². The van der Waals surface area contributed by atoms with Crippen LogP contribution in [0, 0.1) is 0 Å². The predicted octanol–water partition coefficient (Wildman–Crippen LogP) is 3.65. The molecule has 0 fully saturated rings. The third-order valence-electron chi connectivity index (χ3n) is 2.93. The van der Waals surface area contributed by atoms with Gasteiger partial charge in [-0.3, -0.25) is 0 Å². The molecule has 0 aliphatic carbocycles. The summed E-state index contributed by atoms with van der Waals surface area (Å²) < 4.78 is 11.7. The zero-order chi connectivity index (χ0) is 13.2. The number of nitrogens with zero attached hydrogens (tertiary/aromatic N) is 1. The van der Waals surface area contributed by atoms with Crippen molar-refractivity contribution >= 4 is 22.1 Å². The van der Waals surface area contributed by atoms with Gasteiger partial charge in [-0.2, -0.15) is 0 Å². The van der Waals surface area contributed by atoms with Crippen LogP contribution in [-0.2, 0) is 0 Å². The molecular formula is C14H10BrNO3. The molecule has 0 atom stereocenters. The molecule has 4 nitrogen and oxygen atoms in total. The number of benzene rings is 2. The van der Waals surface area contributed by atoms with Crippen molar-refractivity contribution in [1.29, 1.82) is 0 Å². The zero-order valence-corrected chi connectivity index (χ0v) is 11.4. The highest BCUT2D eigenvalue weighted by molar-refractivity contribution is 9.10. The summed E-state index contributed by atoms with van der Waals surface area (Å²) in [6.07, 6.45) is 1.36. The maximum atomic E-state index is 8.85. The summed E-state index contributed by atoms with van der Waals surface area (Å²) in [6, 6.07) is 11.6. The standard InChI is InChI=1S/C14H10BrNO3/c15-12-4-2-1-3-10(12)9-5-6-13-14(19-8-18-13)11(9)7-16-17/h1-7,17H,8H2. The minimum Gasteiger partial charge on any atom is -0.454 e. The van der Waals surface area contributed by atoms with Crippen LogP contribution < -0.4 is 9.47 Å². The van der Waals surface area contributed by atoms with Crippen molar-refractivity contribution < 1.29 is 14.7 Å². The van der Waals surface area contributed by atoms with Gasteiger partial charge in [-0.05, 0) is 29.3 Å². The van der Waals surface area contributed by atoms with Gasteiger partial charge in [0.25, 0.3) is 0 Å². The third-order valence-corrected chi connectivity index (χ3v) is 3.62. The molecule has 1 aliphatic rings. The monoisotopic (exact) mass is 319 g/mol. The Kier molecular flexibility index (Phi) is 3.13. The molecule has 0 spiro atoms. The summed E-state index contributed by atoms with van der Waals surface area (Å²) in [6.45, 7) is 0.182. The normalized spacial score (nSPS) is 13.1. The van der Waals surface area contributed by atoms with Crippen molar-refractivity contribution in [1.82, 2.24) is 0 Å².